The van der Waals surface area contributed by atoms with E-state index in [-0.39, 0.29) is 11.8 Å². The molecule has 0 bridgehead atoms. The number of hydrogen-bond donors (Lipinski definition) is 2. The van der Waals surface area contributed by atoms with Crippen molar-refractivity contribution in [2.75, 3.05) is 17.7 Å². The molecule has 2 N–H and O–H groups in total. The fraction of sp³-hybridized carbons (Fsp3) is 0.167. The molecule has 5 heteroatoms. The molecule has 0 unspecified atom stereocenters. The van der Waals surface area contributed by atoms with Gasteiger partial charge in [-0.2, -0.15) is 0 Å². The molecule has 0 aliphatic rings. The first-order valence-electron chi connectivity index (χ1n) is 9.47. The van der Waals surface area contributed by atoms with Crippen molar-refractivity contribution >= 4 is 23.2 Å². The third-order valence-electron chi connectivity index (χ3n) is 4.72. The average molecular weight is 388 g/mol. The van der Waals surface area contributed by atoms with E-state index >= 15 is 0 Å². The Bertz CT molecular complexity index is 1040. The minimum Gasteiger partial charge on any atom is -0.495 e. The highest BCUT2D eigenvalue weighted by Gasteiger charge is 2.14. The molecule has 0 aliphatic heterocycles. The second-order valence-corrected chi connectivity index (χ2v) is 6.65. The molecule has 0 radical (unpaired) electrons. The van der Waals surface area contributed by atoms with Gasteiger partial charge in [0.15, 0.2) is 0 Å². The molecular weight excluding hydrogens is 364 g/mol. The number of para-hydroxylation sites is 3. The van der Waals surface area contributed by atoms with E-state index in [9.17, 15) is 9.59 Å². The van der Waals surface area contributed by atoms with Crippen LogP contribution >= 0.6 is 0 Å². The standard InChI is InChI=1S/C24H24N2O3/c1-4-17-10-7-9-16(2)22(17)26-24(28)19-12-8-11-18(15-19)23(27)25-20-13-5-6-14-21(20)29-3/h5-15H,4H2,1-3H3,(H,25,27)(H,26,28). The van der Waals surface area contributed by atoms with E-state index in [0.717, 1.165) is 23.2 Å². The Labute approximate surface area is 170 Å². The average Bonchev–Trinajstić information content (AvgIpc) is 2.75. The molecule has 0 saturated carbocycles. The number of benzene rings is 3. The van der Waals surface area contributed by atoms with Crippen LogP contribution in [-0.2, 0) is 6.42 Å². The smallest absolute Gasteiger partial charge is 0.255 e. The number of carbonyl (C=O) groups excluding carboxylic acids is 2. The van der Waals surface area contributed by atoms with Gasteiger partial charge in [-0.05, 0) is 54.8 Å². The molecular formula is C24H24N2O3. The van der Waals surface area contributed by atoms with E-state index in [0.29, 0.717) is 22.6 Å². The Balaban J connectivity index is 1.80. The first-order chi connectivity index (χ1) is 14.0. The lowest BCUT2D eigenvalue weighted by atomic mass is 10.0. The molecule has 148 valence electrons. The van der Waals surface area contributed by atoms with Crippen LogP contribution in [-0.4, -0.2) is 18.9 Å². The van der Waals surface area contributed by atoms with E-state index in [1.165, 1.54) is 0 Å². The monoisotopic (exact) mass is 388 g/mol. The van der Waals surface area contributed by atoms with Gasteiger partial charge in [-0.15, -0.1) is 0 Å². The largest absolute Gasteiger partial charge is 0.495 e. The van der Waals surface area contributed by atoms with E-state index in [2.05, 4.69) is 10.6 Å². The maximum Gasteiger partial charge on any atom is 0.255 e. The summed E-state index contributed by atoms with van der Waals surface area (Å²) in [5.74, 6) is 0.0108. The van der Waals surface area contributed by atoms with Gasteiger partial charge >= 0.3 is 0 Å². The van der Waals surface area contributed by atoms with Crippen molar-refractivity contribution in [2.24, 2.45) is 0 Å². The molecule has 3 rings (SSSR count). The van der Waals surface area contributed by atoms with Crippen molar-refractivity contribution in [2.45, 2.75) is 20.3 Å². The van der Waals surface area contributed by atoms with Crippen LogP contribution in [0.4, 0.5) is 11.4 Å². The van der Waals surface area contributed by atoms with Crippen LogP contribution in [0.1, 0.15) is 38.8 Å². The summed E-state index contributed by atoms with van der Waals surface area (Å²) in [5, 5.41) is 5.81. The van der Waals surface area contributed by atoms with Crippen LogP contribution < -0.4 is 15.4 Å². The Morgan fingerprint density at radius 1 is 0.862 bits per heavy atom. The first kappa shape index (κ1) is 20.1. The number of carbonyl (C=O) groups is 2. The van der Waals surface area contributed by atoms with Gasteiger partial charge in [0.25, 0.3) is 11.8 Å². The molecule has 0 saturated heterocycles. The molecule has 3 aromatic carbocycles. The summed E-state index contributed by atoms with van der Waals surface area (Å²) in [6, 6.07) is 19.8. The number of hydrogen-bond acceptors (Lipinski definition) is 3. The first-order valence-corrected chi connectivity index (χ1v) is 9.47. The number of rotatable bonds is 6. The van der Waals surface area contributed by atoms with Gasteiger partial charge in [-0.25, -0.2) is 0 Å². The van der Waals surface area contributed by atoms with Crippen LogP contribution in [0, 0.1) is 6.92 Å². The molecule has 5 nitrogen and oxygen atoms in total. The van der Waals surface area contributed by atoms with E-state index < -0.39 is 0 Å². The van der Waals surface area contributed by atoms with Gasteiger partial charge < -0.3 is 15.4 Å². The van der Waals surface area contributed by atoms with Gasteiger partial charge in [0.2, 0.25) is 0 Å². The Morgan fingerprint density at radius 3 is 2.21 bits per heavy atom. The summed E-state index contributed by atoms with van der Waals surface area (Å²) in [4.78, 5) is 25.5. The maximum absolute atomic E-state index is 12.8. The van der Waals surface area contributed by atoms with Gasteiger partial charge in [0.05, 0.1) is 12.8 Å². The summed E-state index contributed by atoms with van der Waals surface area (Å²) in [6.45, 7) is 4.01. The van der Waals surface area contributed by atoms with Crippen molar-refractivity contribution < 1.29 is 14.3 Å². The lowest BCUT2D eigenvalue weighted by Gasteiger charge is -2.14. The number of nitrogens with one attached hydrogen (secondary N) is 2. The van der Waals surface area contributed by atoms with E-state index in [1.807, 2.05) is 44.2 Å². The summed E-state index contributed by atoms with van der Waals surface area (Å²) < 4.78 is 5.26. The Morgan fingerprint density at radius 2 is 1.52 bits per heavy atom. The summed E-state index contributed by atoms with van der Waals surface area (Å²) in [7, 11) is 1.55. The molecule has 0 aromatic heterocycles. The van der Waals surface area contributed by atoms with Gasteiger partial charge in [0, 0.05) is 16.8 Å². The number of methoxy groups -OCH3 is 1. The van der Waals surface area contributed by atoms with Crippen LogP contribution in [0.15, 0.2) is 66.7 Å². The van der Waals surface area contributed by atoms with Crippen LogP contribution in [0.25, 0.3) is 0 Å². The number of ether oxygens (including phenoxy) is 1. The molecule has 0 atom stereocenters. The van der Waals surface area contributed by atoms with Gasteiger partial charge in [0.1, 0.15) is 5.75 Å². The predicted octanol–water partition coefficient (Wildman–Crippen LogP) is 5.07. The fourth-order valence-corrected chi connectivity index (χ4v) is 3.13. The highest BCUT2D eigenvalue weighted by molar-refractivity contribution is 6.09. The number of amides is 2. The van der Waals surface area contributed by atoms with Crippen molar-refractivity contribution in [1.29, 1.82) is 0 Å². The minimum absolute atomic E-state index is 0.249. The third kappa shape index (κ3) is 4.63. The van der Waals surface area contributed by atoms with Crippen molar-refractivity contribution in [3.8, 4) is 5.75 Å². The normalized spacial score (nSPS) is 10.3. The SMILES string of the molecule is CCc1cccc(C)c1NC(=O)c1cccc(C(=O)Nc2ccccc2OC)c1. The zero-order valence-corrected chi connectivity index (χ0v) is 16.8. The zero-order chi connectivity index (χ0) is 20.8. The molecule has 0 aliphatic carbocycles. The Kier molecular flexibility index (Phi) is 6.29. The molecule has 0 heterocycles. The lowest BCUT2D eigenvalue weighted by molar-refractivity contribution is 0.102. The summed E-state index contributed by atoms with van der Waals surface area (Å²) in [5.41, 5.74) is 4.28. The predicted molar refractivity (Wildman–Crippen MR) is 116 cm³/mol. The summed E-state index contributed by atoms with van der Waals surface area (Å²) in [6.07, 6.45) is 0.818. The second kappa shape index (κ2) is 9.06. The maximum atomic E-state index is 12.8. The van der Waals surface area contributed by atoms with Crippen molar-refractivity contribution in [3.05, 3.63) is 89.0 Å². The highest BCUT2D eigenvalue weighted by atomic mass is 16.5. The highest BCUT2D eigenvalue weighted by Crippen LogP contribution is 2.24. The van der Waals surface area contributed by atoms with Crippen LogP contribution in [0.2, 0.25) is 0 Å². The molecule has 0 spiro atoms. The topological polar surface area (TPSA) is 67.4 Å². The van der Waals surface area contributed by atoms with Crippen molar-refractivity contribution in [3.63, 3.8) is 0 Å². The quantitative estimate of drug-likeness (QED) is 0.619. The van der Waals surface area contributed by atoms with Gasteiger partial charge in [-0.3, -0.25) is 9.59 Å². The number of anilines is 2. The lowest BCUT2D eigenvalue weighted by Crippen LogP contribution is -2.17. The number of aryl methyl sites for hydroxylation is 2. The minimum atomic E-state index is -0.311. The molecule has 0 fully saturated rings. The molecule has 29 heavy (non-hydrogen) atoms. The van der Waals surface area contributed by atoms with Crippen LogP contribution in [0.5, 0.6) is 5.75 Å². The van der Waals surface area contributed by atoms with E-state index in [4.69, 9.17) is 4.74 Å². The molecule has 3 aromatic rings. The van der Waals surface area contributed by atoms with Crippen LogP contribution in [0.3, 0.4) is 0 Å². The summed E-state index contributed by atoms with van der Waals surface area (Å²) >= 11 is 0. The fourth-order valence-electron chi connectivity index (χ4n) is 3.13. The van der Waals surface area contributed by atoms with Gasteiger partial charge in [-0.1, -0.05) is 43.3 Å². The second-order valence-electron chi connectivity index (χ2n) is 6.65. The van der Waals surface area contributed by atoms with E-state index in [1.54, 1.807) is 43.5 Å². The third-order valence-corrected chi connectivity index (χ3v) is 4.72. The molecule has 2 amide bonds. The zero-order valence-electron chi connectivity index (χ0n) is 16.8. The van der Waals surface area contributed by atoms with Crippen molar-refractivity contribution in [1.82, 2.24) is 0 Å². The Hall–Kier alpha value is -3.60.